The van der Waals surface area contributed by atoms with Crippen molar-refractivity contribution in [2.24, 2.45) is 0 Å². The molecule has 2 aromatic rings. The van der Waals surface area contributed by atoms with Crippen LogP contribution in [0.15, 0.2) is 53.4 Å². The van der Waals surface area contributed by atoms with E-state index in [9.17, 15) is 22.8 Å². The van der Waals surface area contributed by atoms with E-state index >= 15 is 0 Å². The molecule has 10 nitrogen and oxygen atoms in total. The van der Waals surface area contributed by atoms with Crippen LogP contribution in [0, 0.1) is 0 Å². The summed E-state index contributed by atoms with van der Waals surface area (Å²) in [6.45, 7) is 4.15. The molecule has 0 radical (unpaired) electrons. The largest absolute Gasteiger partial charge is 0.494 e. The highest BCUT2D eigenvalue weighted by Crippen LogP contribution is 2.32. The Balaban J connectivity index is 1.64. The van der Waals surface area contributed by atoms with E-state index < -0.39 is 27.9 Å². The van der Waals surface area contributed by atoms with Gasteiger partial charge in [0, 0.05) is 25.8 Å². The van der Waals surface area contributed by atoms with Crippen molar-refractivity contribution in [2.45, 2.75) is 50.2 Å². The summed E-state index contributed by atoms with van der Waals surface area (Å²) >= 11 is 0. The first-order valence-corrected chi connectivity index (χ1v) is 13.3. The number of carbonyl (C=O) groups excluding carboxylic acids is 3. The Kier molecular flexibility index (Phi) is 7.72. The van der Waals surface area contributed by atoms with Crippen LogP contribution in [0.1, 0.15) is 33.1 Å². The second-order valence-corrected chi connectivity index (χ2v) is 10.5. The molecule has 2 aliphatic heterocycles. The van der Waals surface area contributed by atoms with Crippen molar-refractivity contribution in [1.82, 2.24) is 4.31 Å². The zero-order chi connectivity index (χ0) is 25.9. The summed E-state index contributed by atoms with van der Waals surface area (Å²) < 4.78 is 39.7. The molecule has 192 valence electrons. The average Bonchev–Trinajstić information content (AvgIpc) is 3.45. The van der Waals surface area contributed by atoms with E-state index in [0.717, 1.165) is 15.6 Å². The quantitative estimate of drug-likeness (QED) is 0.509. The van der Waals surface area contributed by atoms with Crippen LogP contribution in [-0.4, -0.2) is 62.3 Å². The minimum absolute atomic E-state index is 0.0451. The SMILES string of the molecule is CCOc1ccc(N2C(=O)CC(N(CC3CCCO3)S(=O)(=O)c3ccc(NC(C)=O)cc3)C2=O)cc1. The van der Waals surface area contributed by atoms with E-state index in [1.807, 2.05) is 6.92 Å². The Hall–Kier alpha value is -3.28. The van der Waals surface area contributed by atoms with Gasteiger partial charge in [-0.3, -0.25) is 14.4 Å². The van der Waals surface area contributed by atoms with E-state index in [2.05, 4.69) is 5.32 Å². The number of sulfonamides is 1. The number of rotatable bonds is 9. The number of hydrogen-bond donors (Lipinski definition) is 1. The smallest absolute Gasteiger partial charge is 0.252 e. The predicted octanol–water partition coefficient (Wildman–Crippen LogP) is 2.55. The molecule has 11 heteroatoms. The Morgan fingerprint density at radius 1 is 1.14 bits per heavy atom. The van der Waals surface area contributed by atoms with Crippen LogP contribution < -0.4 is 15.0 Å². The van der Waals surface area contributed by atoms with E-state index in [-0.39, 0.29) is 29.9 Å². The lowest BCUT2D eigenvalue weighted by Gasteiger charge is -2.29. The van der Waals surface area contributed by atoms with Crippen molar-refractivity contribution in [3.63, 3.8) is 0 Å². The molecule has 0 saturated carbocycles. The molecule has 0 aliphatic carbocycles. The maximum atomic E-state index is 13.7. The van der Waals surface area contributed by atoms with Crippen LogP contribution >= 0.6 is 0 Å². The predicted molar refractivity (Wildman–Crippen MR) is 132 cm³/mol. The third-order valence-corrected chi connectivity index (χ3v) is 7.95. The van der Waals surface area contributed by atoms with Crippen molar-refractivity contribution in [2.75, 3.05) is 30.0 Å². The van der Waals surface area contributed by atoms with Gasteiger partial charge in [0.15, 0.2) is 0 Å². The number of benzene rings is 2. The van der Waals surface area contributed by atoms with Gasteiger partial charge < -0.3 is 14.8 Å². The molecule has 4 rings (SSSR count). The van der Waals surface area contributed by atoms with Crippen molar-refractivity contribution in [3.8, 4) is 5.75 Å². The number of carbonyl (C=O) groups is 3. The Labute approximate surface area is 210 Å². The Bertz CT molecular complexity index is 1220. The summed E-state index contributed by atoms with van der Waals surface area (Å²) in [5.41, 5.74) is 0.797. The number of nitrogens with zero attached hydrogens (tertiary/aromatic N) is 2. The number of anilines is 2. The normalized spacial score (nSPS) is 20.2. The molecule has 2 saturated heterocycles. The minimum atomic E-state index is -4.17. The highest BCUT2D eigenvalue weighted by Gasteiger charge is 2.47. The van der Waals surface area contributed by atoms with Crippen LogP contribution in [0.4, 0.5) is 11.4 Å². The molecular weight excluding hydrogens is 486 g/mol. The first kappa shape index (κ1) is 25.8. The van der Waals surface area contributed by atoms with E-state index in [1.54, 1.807) is 24.3 Å². The summed E-state index contributed by atoms with van der Waals surface area (Å²) in [6, 6.07) is 11.0. The van der Waals surface area contributed by atoms with E-state index in [4.69, 9.17) is 9.47 Å². The average molecular weight is 516 g/mol. The third-order valence-electron chi connectivity index (χ3n) is 6.07. The molecule has 2 unspecified atom stereocenters. The molecule has 0 bridgehead atoms. The molecule has 2 aromatic carbocycles. The molecule has 0 aromatic heterocycles. The third kappa shape index (κ3) is 5.43. The van der Waals surface area contributed by atoms with Gasteiger partial charge in [-0.05, 0) is 68.3 Å². The number of imide groups is 1. The maximum Gasteiger partial charge on any atom is 0.252 e. The fraction of sp³-hybridized carbons (Fsp3) is 0.400. The molecule has 0 spiro atoms. The summed E-state index contributed by atoms with van der Waals surface area (Å²) in [7, 11) is -4.17. The fourth-order valence-corrected chi connectivity index (χ4v) is 6.01. The molecule has 2 atom stereocenters. The van der Waals surface area contributed by atoms with Gasteiger partial charge in [-0.2, -0.15) is 4.31 Å². The zero-order valence-electron chi connectivity index (χ0n) is 20.2. The lowest BCUT2D eigenvalue weighted by Crippen LogP contribution is -2.48. The minimum Gasteiger partial charge on any atom is -0.494 e. The van der Waals surface area contributed by atoms with Gasteiger partial charge in [0.1, 0.15) is 11.8 Å². The molecule has 3 amide bonds. The van der Waals surface area contributed by atoms with Crippen molar-refractivity contribution in [3.05, 3.63) is 48.5 Å². The lowest BCUT2D eigenvalue weighted by molar-refractivity contribution is -0.122. The summed E-state index contributed by atoms with van der Waals surface area (Å²) in [5.74, 6) is -0.777. The van der Waals surface area contributed by atoms with Crippen LogP contribution in [0.3, 0.4) is 0 Å². The van der Waals surface area contributed by atoms with Gasteiger partial charge >= 0.3 is 0 Å². The topological polar surface area (TPSA) is 122 Å². The number of amides is 3. The Morgan fingerprint density at radius 3 is 2.42 bits per heavy atom. The summed E-state index contributed by atoms with van der Waals surface area (Å²) in [4.78, 5) is 38.7. The van der Waals surface area contributed by atoms with Gasteiger partial charge in [0.2, 0.25) is 21.8 Å². The van der Waals surface area contributed by atoms with Crippen molar-refractivity contribution in [1.29, 1.82) is 0 Å². The Morgan fingerprint density at radius 2 is 1.83 bits per heavy atom. The van der Waals surface area contributed by atoms with Gasteiger partial charge in [0.25, 0.3) is 5.91 Å². The monoisotopic (exact) mass is 515 g/mol. The highest BCUT2D eigenvalue weighted by atomic mass is 32.2. The molecule has 2 fully saturated rings. The summed E-state index contributed by atoms with van der Waals surface area (Å²) in [5, 5.41) is 2.59. The van der Waals surface area contributed by atoms with Crippen molar-refractivity contribution >= 4 is 39.1 Å². The molecule has 36 heavy (non-hydrogen) atoms. The molecule has 1 N–H and O–H groups in total. The fourth-order valence-electron chi connectivity index (χ4n) is 4.40. The van der Waals surface area contributed by atoms with Gasteiger partial charge in [-0.1, -0.05) is 0 Å². The summed E-state index contributed by atoms with van der Waals surface area (Å²) in [6.07, 6.45) is 0.799. The second kappa shape index (κ2) is 10.8. The maximum absolute atomic E-state index is 13.7. The number of hydrogen-bond acceptors (Lipinski definition) is 7. The zero-order valence-corrected chi connectivity index (χ0v) is 21.0. The first-order valence-electron chi connectivity index (χ1n) is 11.8. The van der Waals surface area contributed by atoms with Crippen LogP contribution in [0.2, 0.25) is 0 Å². The molecular formula is C25H29N3O7S. The van der Waals surface area contributed by atoms with E-state index in [1.165, 1.54) is 31.2 Å². The highest BCUT2D eigenvalue weighted by molar-refractivity contribution is 7.89. The van der Waals surface area contributed by atoms with Gasteiger partial charge in [-0.25, -0.2) is 13.3 Å². The van der Waals surface area contributed by atoms with Gasteiger partial charge in [-0.15, -0.1) is 0 Å². The second-order valence-electron chi connectivity index (χ2n) is 8.63. The van der Waals surface area contributed by atoms with Gasteiger partial charge in [0.05, 0.1) is 29.7 Å². The molecule has 2 heterocycles. The van der Waals surface area contributed by atoms with Crippen LogP contribution in [-0.2, 0) is 29.1 Å². The standard InChI is InChI=1S/C25H29N3O7S/c1-3-34-20-10-8-19(9-11-20)28-24(30)15-23(25(28)31)27(16-21-5-4-14-35-21)36(32,33)22-12-6-18(7-13-22)26-17(2)29/h6-13,21,23H,3-5,14-16H2,1-2H3,(H,26,29). The van der Waals surface area contributed by atoms with Crippen LogP contribution in [0.5, 0.6) is 5.75 Å². The number of nitrogens with one attached hydrogen (secondary N) is 1. The van der Waals surface area contributed by atoms with E-state index in [0.29, 0.717) is 36.8 Å². The number of ether oxygens (including phenoxy) is 2. The molecule has 2 aliphatic rings. The van der Waals surface area contributed by atoms with Crippen LogP contribution in [0.25, 0.3) is 0 Å². The lowest BCUT2D eigenvalue weighted by atomic mass is 10.2. The van der Waals surface area contributed by atoms with Crippen molar-refractivity contribution < 1.29 is 32.3 Å². The first-order chi connectivity index (χ1) is 17.2.